The zero-order valence-electron chi connectivity index (χ0n) is 12.0. The summed E-state index contributed by atoms with van der Waals surface area (Å²) in [5, 5.41) is 3.10. The van der Waals surface area contributed by atoms with Gasteiger partial charge in [0.1, 0.15) is 11.6 Å². The summed E-state index contributed by atoms with van der Waals surface area (Å²) in [6.07, 6.45) is 0. The van der Waals surface area contributed by atoms with Gasteiger partial charge in [-0.1, -0.05) is 6.07 Å². The molecule has 0 unspecified atom stereocenters. The van der Waals surface area contributed by atoms with Gasteiger partial charge in [-0.3, -0.25) is 0 Å². The molecule has 3 nitrogen and oxygen atoms in total. The average Bonchev–Trinajstić information content (AvgIpc) is 2.41. The van der Waals surface area contributed by atoms with E-state index in [4.69, 9.17) is 0 Å². The summed E-state index contributed by atoms with van der Waals surface area (Å²) >= 11 is 0. The van der Waals surface area contributed by atoms with Gasteiger partial charge in [-0.15, -0.1) is 0 Å². The molecule has 0 saturated carbocycles. The van der Waals surface area contributed by atoms with Gasteiger partial charge in [-0.2, -0.15) is 0 Å². The molecule has 2 aromatic rings. The van der Waals surface area contributed by atoms with E-state index in [1.807, 2.05) is 6.92 Å². The van der Waals surface area contributed by atoms with Crippen molar-refractivity contribution in [1.29, 1.82) is 0 Å². The molecule has 0 bridgehead atoms. The van der Waals surface area contributed by atoms with Crippen LogP contribution in [-0.2, 0) is 0 Å². The van der Waals surface area contributed by atoms with E-state index >= 15 is 0 Å². The van der Waals surface area contributed by atoms with Crippen molar-refractivity contribution in [2.24, 2.45) is 0 Å². The van der Waals surface area contributed by atoms with E-state index in [1.165, 1.54) is 6.92 Å². The molecule has 0 spiro atoms. The smallest absolute Gasteiger partial charge is 0.168 e. The number of hydrogen-bond donors (Lipinski definition) is 1. The van der Waals surface area contributed by atoms with Gasteiger partial charge in [0.2, 0.25) is 0 Å². The maximum Gasteiger partial charge on any atom is 0.168 e. The van der Waals surface area contributed by atoms with Gasteiger partial charge in [0.25, 0.3) is 0 Å². The molecule has 20 heavy (non-hydrogen) atoms. The van der Waals surface area contributed by atoms with Gasteiger partial charge in [0.05, 0.1) is 5.69 Å². The molecule has 1 aromatic heterocycles. The zero-order chi connectivity index (χ0) is 14.9. The van der Waals surface area contributed by atoms with E-state index in [9.17, 15) is 8.78 Å². The van der Waals surface area contributed by atoms with E-state index in [-0.39, 0.29) is 11.1 Å². The number of hydrogen-bond acceptors (Lipinski definition) is 3. The fourth-order valence-corrected chi connectivity index (χ4v) is 2.06. The Bertz CT molecular complexity index is 654. The van der Waals surface area contributed by atoms with Crippen molar-refractivity contribution in [2.45, 2.75) is 27.7 Å². The Hall–Kier alpha value is -2.04. The van der Waals surface area contributed by atoms with E-state index in [0.717, 1.165) is 0 Å². The summed E-state index contributed by atoms with van der Waals surface area (Å²) < 4.78 is 27.8. The van der Waals surface area contributed by atoms with Crippen molar-refractivity contribution < 1.29 is 8.78 Å². The molecule has 1 N–H and O–H groups in total. The van der Waals surface area contributed by atoms with Crippen LogP contribution in [0.3, 0.4) is 0 Å². The van der Waals surface area contributed by atoms with Gasteiger partial charge >= 0.3 is 0 Å². The van der Waals surface area contributed by atoms with Crippen LogP contribution in [0, 0.1) is 32.4 Å². The molecule has 1 heterocycles. The first-order chi connectivity index (χ1) is 9.45. The van der Waals surface area contributed by atoms with Crippen LogP contribution in [0.1, 0.15) is 23.9 Å². The number of rotatable bonds is 3. The largest absolute Gasteiger partial charge is 0.370 e. The second-order valence-electron chi connectivity index (χ2n) is 4.68. The predicted octanol–water partition coefficient (Wildman–Crippen LogP) is 3.78. The maximum absolute atomic E-state index is 14.1. The summed E-state index contributed by atoms with van der Waals surface area (Å²) in [7, 11) is 0. The van der Waals surface area contributed by atoms with Gasteiger partial charge in [-0.05, 0) is 39.3 Å². The number of nitrogens with one attached hydrogen (secondary N) is 1. The Morgan fingerprint density at radius 1 is 1.05 bits per heavy atom. The first-order valence-corrected chi connectivity index (χ1v) is 6.49. The summed E-state index contributed by atoms with van der Waals surface area (Å²) in [5.41, 5.74) is 1.57. The second kappa shape index (κ2) is 5.53. The zero-order valence-corrected chi connectivity index (χ0v) is 12.0. The molecule has 0 aliphatic carbocycles. The quantitative estimate of drug-likeness (QED) is 0.927. The third-order valence-electron chi connectivity index (χ3n) is 3.13. The average molecular weight is 277 g/mol. The van der Waals surface area contributed by atoms with E-state index < -0.39 is 11.6 Å². The molecular formula is C15H17F2N3. The number of aromatic nitrogens is 2. The number of aryl methyl sites for hydroxylation is 2. The van der Waals surface area contributed by atoms with E-state index in [2.05, 4.69) is 15.3 Å². The molecule has 0 amide bonds. The molecule has 0 fully saturated rings. The summed E-state index contributed by atoms with van der Waals surface area (Å²) in [6.45, 7) is 7.70. The lowest BCUT2D eigenvalue weighted by atomic mass is 10.0. The fourth-order valence-electron chi connectivity index (χ4n) is 2.06. The monoisotopic (exact) mass is 277 g/mol. The first kappa shape index (κ1) is 14.4. The molecule has 0 aliphatic rings. The number of anilines is 1. The SMILES string of the molecule is CCNc1nc(C)nc(-c2ccc(C)c(F)c2F)c1C. The normalized spacial score (nSPS) is 10.7. The lowest BCUT2D eigenvalue weighted by molar-refractivity contribution is 0.505. The van der Waals surface area contributed by atoms with Crippen LogP contribution in [0.15, 0.2) is 12.1 Å². The van der Waals surface area contributed by atoms with Gasteiger partial charge in [-0.25, -0.2) is 18.7 Å². The molecule has 2 rings (SSSR count). The van der Waals surface area contributed by atoms with Crippen molar-refractivity contribution in [1.82, 2.24) is 9.97 Å². The Balaban J connectivity index is 2.67. The Kier molecular flexibility index (Phi) is 3.97. The van der Waals surface area contributed by atoms with Crippen molar-refractivity contribution in [2.75, 3.05) is 11.9 Å². The summed E-state index contributed by atoms with van der Waals surface area (Å²) in [4.78, 5) is 8.54. The number of benzene rings is 1. The van der Waals surface area contributed by atoms with Crippen LogP contribution in [0.2, 0.25) is 0 Å². The van der Waals surface area contributed by atoms with Gasteiger partial charge in [0, 0.05) is 17.7 Å². The minimum absolute atomic E-state index is 0.162. The number of nitrogens with zero attached hydrogens (tertiary/aromatic N) is 2. The third-order valence-corrected chi connectivity index (χ3v) is 3.13. The molecule has 0 radical (unpaired) electrons. The molecule has 1 aromatic carbocycles. The van der Waals surface area contributed by atoms with Crippen LogP contribution in [0.4, 0.5) is 14.6 Å². The van der Waals surface area contributed by atoms with Crippen molar-refractivity contribution >= 4 is 5.82 Å². The summed E-state index contributed by atoms with van der Waals surface area (Å²) in [6, 6.07) is 3.11. The molecular weight excluding hydrogens is 260 g/mol. The van der Waals surface area contributed by atoms with E-state index in [1.54, 1.807) is 26.0 Å². The molecule has 0 atom stereocenters. The minimum Gasteiger partial charge on any atom is -0.370 e. The number of halogens is 2. The van der Waals surface area contributed by atoms with E-state index in [0.29, 0.717) is 29.4 Å². The highest BCUT2D eigenvalue weighted by Crippen LogP contribution is 2.29. The van der Waals surface area contributed by atoms with Gasteiger partial charge < -0.3 is 5.32 Å². The van der Waals surface area contributed by atoms with Crippen LogP contribution in [-0.4, -0.2) is 16.5 Å². The third kappa shape index (κ3) is 2.48. The molecule has 5 heteroatoms. The topological polar surface area (TPSA) is 37.8 Å². The van der Waals surface area contributed by atoms with Crippen LogP contribution in [0.25, 0.3) is 11.3 Å². The maximum atomic E-state index is 14.1. The van der Waals surface area contributed by atoms with Crippen LogP contribution in [0.5, 0.6) is 0 Å². The highest BCUT2D eigenvalue weighted by Gasteiger charge is 2.17. The Labute approximate surface area is 117 Å². The summed E-state index contributed by atoms with van der Waals surface area (Å²) in [5.74, 6) is -0.533. The lowest BCUT2D eigenvalue weighted by Crippen LogP contribution is -2.07. The van der Waals surface area contributed by atoms with Crippen molar-refractivity contribution in [3.8, 4) is 11.3 Å². The highest BCUT2D eigenvalue weighted by molar-refractivity contribution is 5.69. The molecule has 0 saturated heterocycles. The first-order valence-electron chi connectivity index (χ1n) is 6.49. The lowest BCUT2D eigenvalue weighted by Gasteiger charge is -2.13. The fraction of sp³-hybridized carbons (Fsp3) is 0.333. The molecule has 106 valence electrons. The standard InChI is InChI=1S/C15H17F2N3/c1-5-18-15-9(3)14(19-10(4)20-15)11-7-6-8(2)12(16)13(11)17/h6-7H,5H2,1-4H3,(H,18,19,20). The van der Waals surface area contributed by atoms with Crippen LogP contribution < -0.4 is 5.32 Å². The highest BCUT2D eigenvalue weighted by atomic mass is 19.2. The Morgan fingerprint density at radius 3 is 2.40 bits per heavy atom. The Morgan fingerprint density at radius 2 is 1.75 bits per heavy atom. The minimum atomic E-state index is -0.867. The second-order valence-corrected chi connectivity index (χ2v) is 4.68. The van der Waals surface area contributed by atoms with Crippen molar-refractivity contribution in [3.05, 3.63) is 40.7 Å². The van der Waals surface area contributed by atoms with Gasteiger partial charge in [0.15, 0.2) is 11.6 Å². The molecule has 0 aliphatic heterocycles. The van der Waals surface area contributed by atoms with Crippen molar-refractivity contribution in [3.63, 3.8) is 0 Å². The van der Waals surface area contributed by atoms with Crippen LogP contribution >= 0.6 is 0 Å². The predicted molar refractivity (Wildman–Crippen MR) is 75.8 cm³/mol.